The first-order chi connectivity index (χ1) is 11.3. The summed E-state index contributed by atoms with van der Waals surface area (Å²) in [4.78, 5) is 16.0. The van der Waals surface area contributed by atoms with Crippen LogP contribution in [0.3, 0.4) is 0 Å². The molecule has 0 aliphatic carbocycles. The Morgan fingerprint density at radius 2 is 1.88 bits per heavy atom. The Bertz CT molecular complexity index is 790. The number of aromatic nitrogens is 1. The summed E-state index contributed by atoms with van der Waals surface area (Å²) in [6.07, 6.45) is 3.07. The summed E-state index contributed by atoms with van der Waals surface area (Å²) in [5.41, 5.74) is 0.525. The smallest absolute Gasteiger partial charge is 0.222 e. The van der Waals surface area contributed by atoms with Crippen LogP contribution in [0.2, 0.25) is 5.02 Å². The number of amides is 1. The second-order valence-electron chi connectivity index (χ2n) is 5.67. The molecule has 0 aliphatic rings. The van der Waals surface area contributed by atoms with E-state index in [1.165, 1.54) is 30.5 Å². The Morgan fingerprint density at radius 3 is 2.42 bits per heavy atom. The highest BCUT2D eigenvalue weighted by atomic mass is 35.5. The van der Waals surface area contributed by atoms with Crippen molar-refractivity contribution in [3.63, 3.8) is 0 Å². The van der Waals surface area contributed by atoms with Gasteiger partial charge in [0.05, 0.1) is 4.90 Å². The minimum Gasteiger partial charge on any atom is -0.354 e. The third kappa shape index (κ3) is 4.33. The van der Waals surface area contributed by atoms with E-state index in [-0.39, 0.29) is 23.3 Å². The molecule has 24 heavy (non-hydrogen) atoms. The summed E-state index contributed by atoms with van der Waals surface area (Å²) in [6.45, 7) is 3.48. The maximum Gasteiger partial charge on any atom is 0.222 e. The third-order valence-electron chi connectivity index (χ3n) is 3.56. The van der Waals surface area contributed by atoms with Crippen LogP contribution >= 0.6 is 11.6 Å². The maximum absolute atomic E-state index is 13.0. The number of carbonyl (C=O) groups excluding carboxylic acids is 1. The summed E-state index contributed by atoms with van der Waals surface area (Å²) in [7, 11) is -3.71. The van der Waals surface area contributed by atoms with Crippen molar-refractivity contribution >= 4 is 27.3 Å². The molecule has 0 spiro atoms. The largest absolute Gasteiger partial charge is 0.354 e. The lowest BCUT2D eigenvalue weighted by Gasteiger charge is -2.19. The molecular weight excluding hydrogens is 348 g/mol. The fourth-order valence-electron chi connectivity index (χ4n) is 2.16. The van der Waals surface area contributed by atoms with Gasteiger partial charge in [-0.25, -0.2) is 8.42 Å². The Balaban J connectivity index is 2.38. The normalized spacial score (nSPS) is 12.8. The number of nitrogens with zero attached hydrogens (tertiary/aromatic N) is 1. The SMILES string of the molecule is CC(C)C(=O)NCC(c1cccnc1)S(=O)(=O)c1ccc(Cl)cc1. The molecule has 0 aliphatic heterocycles. The molecule has 1 N–H and O–H groups in total. The van der Waals surface area contributed by atoms with Crippen LogP contribution in [-0.4, -0.2) is 25.9 Å². The van der Waals surface area contributed by atoms with Gasteiger partial charge in [0.1, 0.15) is 5.25 Å². The fraction of sp³-hybridized carbons (Fsp3) is 0.294. The van der Waals surface area contributed by atoms with Gasteiger partial charge in [-0.15, -0.1) is 0 Å². The second kappa shape index (κ2) is 7.77. The number of pyridine rings is 1. The number of hydrogen-bond donors (Lipinski definition) is 1. The van der Waals surface area contributed by atoms with Crippen molar-refractivity contribution in [2.24, 2.45) is 5.92 Å². The van der Waals surface area contributed by atoms with Crippen LogP contribution in [0, 0.1) is 5.92 Å². The molecule has 128 valence electrons. The van der Waals surface area contributed by atoms with Gasteiger partial charge in [-0.05, 0) is 35.9 Å². The lowest BCUT2D eigenvalue weighted by Crippen LogP contribution is -2.34. The number of sulfone groups is 1. The summed E-state index contributed by atoms with van der Waals surface area (Å²) in [5, 5.41) is 2.23. The number of benzene rings is 1. The monoisotopic (exact) mass is 366 g/mol. The highest BCUT2D eigenvalue weighted by Gasteiger charge is 2.30. The van der Waals surface area contributed by atoms with Crippen LogP contribution < -0.4 is 5.32 Å². The standard InChI is InChI=1S/C17H19ClN2O3S/c1-12(2)17(21)20-11-16(13-4-3-9-19-10-13)24(22,23)15-7-5-14(18)6-8-15/h3-10,12,16H,11H2,1-2H3,(H,20,21). The van der Waals surface area contributed by atoms with E-state index in [1.807, 2.05) is 0 Å². The Morgan fingerprint density at radius 1 is 1.21 bits per heavy atom. The lowest BCUT2D eigenvalue weighted by molar-refractivity contribution is -0.123. The molecule has 0 fully saturated rings. The van der Waals surface area contributed by atoms with Gasteiger partial charge in [0.15, 0.2) is 9.84 Å². The Hall–Kier alpha value is -1.92. The van der Waals surface area contributed by atoms with Gasteiger partial charge in [-0.2, -0.15) is 0 Å². The van der Waals surface area contributed by atoms with Crippen LogP contribution in [0.4, 0.5) is 0 Å². The molecule has 1 amide bonds. The number of halogens is 1. The van der Waals surface area contributed by atoms with Crippen molar-refractivity contribution in [1.82, 2.24) is 10.3 Å². The molecule has 5 nitrogen and oxygen atoms in total. The fourth-order valence-corrected chi connectivity index (χ4v) is 3.93. The predicted octanol–water partition coefficient (Wildman–Crippen LogP) is 3.02. The summed E-state index contributed by atoms with van der Waals surface area (Å²) >= 11 is 5.83. The average molecular weight is 367 g/mol. The molecular formula is C17H19ClN2O3S. The molecule has 1 unspecified atom stereocenters. The summed E-state index contributed by atoms with van der Waals surface area (Å²) in [6, 6.07) is 9.34. The van der Waals surface area contributed by atoms with Crippen molar-refractivity contribution < 1.29 is 13.2 Å². The van der Waals surface area contributed by atoms with E-state index in [0.717, 1.165) is 0 Å². The van der Waals surface area contributed by atoms with E-state index in [4.69, 9.17) is 11.6 Å². The van der Waals surface area contributed by atoms with E-state index in [1.54, 1.807) is 32.2 Å². The van der Waals surface area contributed by atoms with Gasteiger partial charge in [0, 0.05) is 29.9 Å². The van der Waals surface area contributed by atoms with Crippen LogP contribution in [0.5, 0.6) is 0 Å². The molecule has 0 radical (unpaired) electrons. The number of carbonyl (C=O) groups is 1. The predicted molar refractivity (Wildman–Crippen MR) is 93.5 cm³/mol. The molecule has 0 saturated carbocycles. The van der Waals surface area contributed by atoms with E-state index in [9.17, 15) is 13.2 Å². The molecule has 0 bridgehead atoms. The van der Waals surface area contributed by atoms with Gasteiger partial charge >= 0.3 is 0 Å². The van der Waals surface area contributed by atoms with Crippen LogP contribution in [-0.2, 0) is 14.6 Å². The van der Waals surface area contributed by atoms with Crippen molar-refractivity contribution in [1.29, 1.82) is 0 Å². The minimum absolute atomic E-state index is 0.0202. The molecule has 1 aromatic heterocycles. The highest BCUT2D eigenvalue weighted by molar-refractivity contribution is 7.91. The number of nitrogens with one attached hydrogen (secondary N) is 1. The van der Waals surface area contributed by atoms with E-state index in [2.05, 4.69) is 10.3 Å². The Labute approximate surface area is 147 Å². The van der Waals surface area contributed by atoms with Crippen molar-refractivity contribution in [3.05, 3.63) is 59.4 Å². The molecule has 2 rings (SSSR count). The molecule has 7 heteroatoms. The quantitative estimate of drug-likeness (QED) is 0.852. The van der Waals surface area contributed by atoms with Gasteiger partial charge in [-0.1, -0.05) is 31.5 Å². The highest BCUT2D eigenvalue weighted by Crippen LogP contribution is 2.28. The zero-order valence-electron chi connectivity index (χ0n) is 13.4. The van der Waals surface area contributed by atoms with Crippen LogP contribution in [0.25, 0.3) is 0 Å². The maximum atomic E-state index is 13.0. The zero-order chi connectivity index (χ0) is 17.7. The summed E-state index contributed by atoms with van der Waals surface area (Å²) in [5.74, 6) is -0.423. The zero-order valence-corrected chi connectivity index (χ0v) is 15.0. The van der Waals surface area contributed by atoms with E-state index < -0.39 is 15.1 Å². The number of hydrogen-bond acceptors (Lipinski definition) is 4. The first kappa shape index (κ1) is 18.4. The lowest BCUT2D eigenvalue weighted by atomic mass is 10.2. The third-order valence-corrected chi connectivity index (χ3v) is 5.93. The van der Waals surface area contributed by atoms with Gasteiger partial charge in [0.2, 0.25) is 5.91 Å². The second-order valence-corrected chi connectivity index (χ2v) is 8.24. The van der Waals surface area contributed by atoms with E-state index in [0.29, 0.717) is 10.6 Å². The van der Waals surface area contributed by atoms with Crippen molar-refractivity contribution in [2.45, 2.75) is 24.0 Å². The molecule has 1 heterocycles. The molecule has 1 atom stereocenters. The summed E-state index contributed by atoms with van der Waals surface area (Å²) < 4.78 is 26.0. The first-order valence-corrected chi connectivity index (χ1v) is 9.42. The topological polar surface area (TPSA) is 76.1 Å². The van der Waals surface area contributed by atoms with Crippen molar-refractivity contribution in [3.8, 4) is 0 Å². The van der Waals surface area contributed by atoms with Crippen LogP contribution in [0.1, 0.15) is 24.7 Å². The number of rotatable bonds is 6. The van der Waals surface area contributed by atoms with Crippen molar-refractivity contribution in [2.75, 3.05) is 6.54 Å². The van der Waals surface area contributed by atoms with Gasteiger partial charge in [-0.3, -0.25) is 9.78 Å². The minimum atomic E-state index is -3.71. The molecule has 1 aromatic carbocycles. The average Bonchev–Trinajstić information content (AvgIpc) is 2.56. The molecule has 0 saturated heterocycles. The first-order valence-electron chi connectivity index (χ1n) is 7.49. The van der Waals surface area contributed by atoms with Gasteiger partial charge < -0.3 is 5.32 Å². The Kier molecular flexibility index (Phi) is 5.96. The van der Waals surface area contributed by atoms with E-state index >= 15 is 0 Å². The van der Waals surface area contributed by atoms with Crippen LogP contribution in [0.15, 0.2) is 53.7 Å². The van der Waals surface area contributed by atoms with Gasteiger partial charge in [0.25, 0.3) is 0 Å². The molecule has 2 aromatic rings.